The van der Waals surface area contributed by atoms with E-state index in [1.165, 1.54) is 47.0 Å². The van der Waals surface area contributed by atoms with Crippen molar-refractivity contribution < 1.29 is 48.2 Å². The third kappa shape index (κ3) is 11.8. The highest BCUT2D eigenvalue weighted by Crippen LogP contribution is 2.37. The summed E-state index contributed by atoms with van der Waals surface area (Å²) in [5.74, 6) is -5.83. The number of hydrogen-bond acceptors (Lipinski definition) is 14. The third-order valence-electron chi connectivity index (χ3n) is 15.2. The fourth-order valence-corrected chi connectivity index (χ4v) is 12.4. The molecular formula is C53H67N9O10S. The zero-order valence-electron chi connectivity index (χ0n) is 42.1. The lowest BCUT2D eigenvalue weighted by Crippen LogP contribution is -2.63. The summed E-state index contributed by atoms with van der Waals surface area (Å²) in [5, 5.41) is 18.8. The highest BCUT2D eigenvalue weighted by Gasteiger charge is 2.48. The Bertz CT molecular complexity index is 2540. The minimum absolute atomic E-state index is 0.0289. The number of benzene rings is 2. The molecule has 2 bridgehead atoms. The van der Waals surface area contributed by atoms with Gasteiger partial charge >= 0.3 is 5.97 Å². The van der Waals surface area contributed by atoms with Crippen molar-refractivity contribution in [3.8, 4) is 5.75 Å². The highest BCUT2D eigenvalue weighted by molar-refractivity contribution is 8.00. The minimum atomic E-state index is -1.69. The van der Waals surface area contributed by atoms with Crippen molar-refractivity contribution in [2.45, 2.75) is 106 Å². The van der Waals surface area contributed by atoms with Crippen LogP contribution in [0.4, 0.5) is 5.69 Å². The van der Waals surface area contributed by atoms with E-state index in [2.05, 4.69) is 25.8 Å². The van der Waals surface area contributed by atoms with E-state index in [4.69, 9.17) is 4.74 Å². The van der Waals surface area contributed by atoms with Crippen molar-refractivity contribution in [3.05, 3.63) is 89.7 Å². The summed E-state index contributed by atoms with van der Waals surface area (Å²) in [6, 6.07) is 10.3. The van der Waals surface area contributed by atoms with Crippen molar-refractivity contribution in [2.24, 2.45) is 11.8 Å². The Hall–Kier alpha value is -6.54. The Kier molecular flexibility index (Phi) is 16.7. The van der Waals surface area contributed by atoms with Gasteiger partial charge in [0.2, 0.25) is 29.5 Å². The lowest BCUT2D eigenvalue weighted by molar-refractivity contribution is -0.157. The summed E-state index contributed by atoms with van der Waals surface area (Å²) < 4.78 is 5.97. The average Bonchev–Trinajstić information content (AvgIpc) is 3.89. The van der Waals surface area contributed by atoms with E-state index >= 15 is 14.4 Å². The predicted octanol–water partition coefficient (Wildman–Crippen LogP) is 2.32. The van der Waals surface area contributed by atoms with Crippen LogP contribution in [0.1, 0.15) is 80.0 Å². The number of thioether (sulfide) groups is 1. The number of aromatic hydroxyl groups is 1. The van der Waals surface area contributed by atoms with Crippen LogP contribution in [-0.2, 0) is 44.7 Å². The molecule has 9 rings (SSSR count). The number of nitrogens with one attached hydrogen (secondary N) is 3. The molecule has 6 fully saturated rings. The fraction of sp³-hybridized carbons (Fsp3) is 0.528. The average molecular weight is 1020 g/mol. The van der Waals surface area contributed by atoms with Gasteiger partial charge in [-0.25, -0.2) is 9.78 Å². The first kappa shape index (κ1) is 52.8. The Morgan fingerprint density at radius 1 is 0.849 bits per heavy atom. The van der Waals surface area contributed by atoms with Crippen molar-refractivity contribution >= 4 is 64.6 Å². The first-order chi connectivity index (χ1) is 35.0. The van der Waals surface area contributed by atoms with E-state index in [9.17, 15) is 29.1 Å². The number of hydrogen-bond donors (Lipinski definition) is 4. The molecule has 0 saturated carbocycles. The smallest absolute Gasteiger partial charge is 0.333 e. The molecule has 1 aromatic heterocycles. The number of nitrogens with zero attached hydrogens (tertiary/aromatic N) is 6. The number of ether oxygens (including phenoxy) is 1. The van der Waals surface area contributed by atoms with Crippen molar-refractivity contribution in [1.29, 1.82) is 0 Å². The van der Waals surface area contributed by atoms with Gasteiger partial charge in [-0.05, 0) is 93.4 Å². The van der Waals surface area contributed by atoms with Gasteiger partial charge in [-0.15, -0.1) is 0 Å². The Labute approximate surface area is 430 Å². The van der Waals surface area contributed by atoms with E-state index < -0.39 is 101 Å². The van der Waals surface area contributed by atoms with E-state index in [0.29, 0.717) is 23.3 Å². The van der Waals surface area contributed by atoms with Crippen LogP contribution < -0.4 is 20.9 Å². The maximum absolute atomic E-state index is 15.7. The number of amides is 6. The number of Topliss-reactive ketones (excluding diaryl/α,β-unsaturated/α-hetero) is 1. The second-order valence-electron chi connectivity index (χ2n) is 20.1. The standard InChI is InChI=1S/C53H67N9O10S/c1-6-37-50(68)61-23-11-14-38(61)51(69)59(5)40(26-32-16-18-36(19-17-32)58(3)4)52(70)62-28-35(30-73-43-29-60-24-20-33(43)21-25-60)42(64)27-39(62)47(65)57-45(34-12-8-7-9-13-34)53(71)72-31(2)44(48(66)55-37)56-49(67)46-41(63)15-10-22-54-46/h7-10,12-13,15-19,22,31,33,35,37-40,43-45,63H,6,11,14,20-21,23-30H2,1-5H3,(H,55,66)(H,56,67)(H,57,65)/t31-,35-,37+,38-,39-,40?,43+,44-,45-/m0/s1. The number of pyridine rings is 1. The molecule has 0 spiro atoms. The number of piperidine rings is 4. The molecule has 20 heteroatoms. The molecule has 7 heterocycles. The Morgan fingerprint density at radius 2 is 1.58 bits per heavy atom. The second kappa shape index (κ2) is 23.1. The van der Waals surface area contributed by atoms with Crippen LogP contribution in [0.2, 0.25) is 0 Å². The first-order valence-corrected chi connectivity index (χ1v) is 26.4. The van der Waals surface area contributed by atoms with Crippen LogP contribution in [0.15, 0.2) is 72.9 Å². The quantitative estimate of drug-likeness (QED) is 0.214. The number of fused-ring (bicyclic) bond motifs is 5. The van der Waals surface area contributed by atoms with Gasteiger partial charge in [-0.2, -0.15) is 11.8 Å². The maximum atomic E-state index is 15.7. The van der Waals surface area contributed by atoms with Crippen LogP contribution in [-0.4, -0.2) is 178 Å². The topological polar surface area (TPSA) is 231 Å². The lowest BCUT2D eigenvalue weighted by atomic mass is 9.88. The van der Waals surface area contributed by atoms with E-state index in [1.807, 2.05) is 43.3 Å². The Morgan fingerprint density at radius 3 is 2.23 bits per heavy atom. The van der Waals surface area contributed by atoms with E-state index in [-0.39, 0.29) is 50.1 Å². The van der Waals surface area contributed by atoms with Gasteiger partial charge in [0.05, 0.1) is 0 Å². The number of aromatic nitrogens is 1. The molecule has 0 aliphatic carbocycles. The van der Waals surface area contributed by atoms with Gasteiger partial charge in [-0.1, -0.05) is 49.4 Å². The summed E-state index contributed by atoms with van der Waals surface area (Å²) in [7, 11) is 5.33. The number of cyclic esters (lactones) is 1. The van der Waals surface area contributed by atoms with Gasteiger partial charge in [-0.3, -0.25) is 33.6 Å². The SMILES string of the molecule is CC[C@H]1NC(=O)[C@@H](NC(=O)c2ncccc2O)[C@H](C)OC(=O)[C@H](c2ccccc2)NC(=O)[C@@H]2CC(=O)[C@H](CS[C@@H]3CN4CCC3CC4)CN2C(=O)C(Cc2ccc(N(C)C)cc2)N(C)C(=O)[C@@H]2CCCN2C1=O. The van der Waals surface area contributed by atoms with E-state index in [1.54, 1.807) is 49.0 Å². The van der Waals surface area contributed by atoms with Crippen molar-refractivity contribution in [1.82, 2.24) is 40.5 Å². The van der Waals surface area contributed by atoms with Crippen LogP contribution in [0.25, 0.3) is 0 Å². The molecule has 6 aliphatic rings. The molecule has 2 aromatic carbocycles. The monoisotopic (exact) mass is 1020 g/mol. The number of carbonyl (C=O) groups is 8. The summed E-state index contributed by atoms with van der Waals surface area (Å²) in [5.41, 5.74) is 1.49. The molecule has 390 valence electrons. The molecule has 6 aliphatic heterocycles. The zero-order chi connectivity index (χ0) is 52.1. The minimum Gasteiger partial charge on any atom is -0.505 e. The van der Waals surface area contributed by atoms with Crippen molar-refractivity contribution in [2.75, 3.05) is 64.5 Å². The second-order valence-corrected chi connectivity index (χ2v) is 21.4. The van der Waals surface area contributed by atoms with Gasteiger partial charge < -0.3 is 50.3 Å². The zero-order valence-corrected chi connectivity index (χ0v) is 42.9. The summed E-state index contributed by atoms with van der Waals surface area (Å²) in [4.78, 5) is 130. The molecular weight excluding hydrogens is 955 g/mol. The number of carbonyl (C=O) groups excluding carboxylic acids is 8. The normalized spacial score (nSPS) is 29.5. The van der Waals surface area contributed by atoms with Gasteiger partial charge in [0.25, 0.3) is 5.91 Å². The number of rotatable bonds is 10. The van der Waals surface area contributed by atoms with Crippen LogP contribution >= 0.6 is 11.8 Å². The molecule has 9 atom stereocenters. The predicted molar refractivity (Wildman–Crippen MR) is 272 cm³/mol. The fourth-order valence-electron chi connectivity index (χ4n) is 10.8. The molecule has 19 nitrogen and oxygen atoms in total. The molecule has 73 heavy (non-hydrogen) atoms. The third-order valence-corrected chi connectivity index (χ3v) is 16.7. The first-order valence-electron chi connectivity index (χ1n) is 25.3. The van der Waals surface area contributed by atoms with Gasteiger partial charge in [0, 0.05) is 82.4 Å². The molecule has 6 amide bonds. The summed E-state index contributed by atoms with van der Waals surface area (Å²) >= 11 is 1.73. The molecule has 4 N–H and O–H groups in total. The summed E-state index contributed by atoms with van der Waals surface area (Å²) in [6.07, 6.45) is 2.40. The highest BCUT2D eigenvalue weighted by atomic mass is 32.2. The number of likely N-dealkylation sites (N-methyl/N-ethyl adjacent to an activating group) is 1. The molecule has 3 aromatic rings. The molecule has 6 saturated heterocycles. The molecule has 0 radical (unpaired) electrons. The summed E-state index contributed by atoms with van der Waals surface area (Å²) in [6.45, 7) is 6.11. The lowest BCUT2D eigenvalue weighted by Gasteiger charge is -2.45. The van der Waals surface area contributed by atoms with Gasteiger partial charge in [0.15, 0.2) is 11.7 Å². The number of anilines is 1. The number of ketones is 1. The largest absolute Gasteiger partial charge is 0.505 e. The Balaban J connectivity index is 1.19. The van der Waals surface area contributed by atoms with Crippen LogP contribution in [0.5, 0.6) is 5.75 Å². The molecule has 1 unspecified atom stereocenters. The maximum Gasteiger partial charge on any atom is 0.333 e. The van der Waals surface area contributed by atoms with Crippen molar-refractivity contribution in [3.63, 3.8) is 0 Å². The van der Waals surface area contributed by atoms with Crippen LogP contribution in [0, 0.1) is 11.8 Å². The van der Waals surface area contributed by atoms with Gasteiger partial charge in [0.1, 0.15) is 47.8 Å². The van der Waals surface area contributed by atoms with Crippen LogP contribution in [0.3, 0.4) is 0 Å². The number of esters is 1. The van der Waals surface area contributed by atoms with E-state index in [0.717, 1.165) is 43.7 Å².